The fourth-order valence-corrected chi connectivity index (χ4v) is 4.11. The number of aliphatic hydroxyl groups is 1. The van der Waals surface area contributed by atoms with E-state index < -0.39 is 29.6 Å². The van der Waals surface area contributed by atoms with E-state index in [1.54, 1.807) is 0 Å². The normalized spacial score (nSPS) is 12.6. The Morgan fingerprint density at radius 1 is 1.44 bits per heavy atom. The third-order valence-corrected chi connectivity index (χ3v) is 5.56. The summed E-state index contributed by atoms with van der Waals surface area (Å²) in [6.45, 7) is -1.61. The predicted molar refractivity (Wildman–Crippen MR) is 64.1 cm³/mol. The Hall–Kier alpha value is -0.610. The highest BCUT2D eigenvalue weighted by atomic mass is 32.2. The molecule has 1 aromatic heterocycles. The maximum atomic E-state index is 12.3. The van der Waals surface area contributed by atoms with Crippen LogP contribution in [-0.4, -0.2) is 44.0 Å². The summed E-state index contributed by atoms with van der Waals surface area (Å²) in [5, 5.41) is 8.74. The van der Waals surface area contributed by atoms with Crippen molar-refractivity contribution in [2.75, 3.05) is 19.7 Å². The largest absolute Gasteiger partial charge is 0.395 e. The Morgan fingerprint density at radius 3 is 2.56 bits per heavy atom. The van der Waals surface area contributed by atoms with Crippen molar-refractivity contribution in [2.24, 2.45) is 5.73 Å². The molecule has 1 rings (SSSR count). The number of halogens is 2. The Kier molecular flexibility index (Phi) is 5.60. The Bertz CT molecular complexity index is 476. The molecular weight excluding hydrogens is 286 g/mol. The second-order valence-corrected chi connectivity index (χ2v) is 6.74. The molecule has 0 aliphatic rings. The third kappa shape index (κ3) is 3.69. The summed E-state index contributed by atoms with van der Waals surface area (Å²) in [6, 6.07) is 2.87. The first kappa shape index (κ1) is 15.4. The van der Waals surface area contributed by atoms with Crippen LogP contribution in [0.2, 0.25) is 0 Å². The van der Waals surface area contributed by atoms with Gasteiger partial charge >= 0.3 is 0 Å². The van der Waals surface area contributed by atoms with Crippen LogP contribution in [0, 0.1) is 0 Å². The number of nitrogens with zero attached hydrogens (tertiary/aromatic N) is 1. The summed E-state index contributed by atoms with van der Waals surface area (Å²) in [7, 11) is -3.99. The topological polar surface area (TPSA) is 83.6 Å². The molecule has 3 N–H and O–H groups in total. The summed E-state index contributed by atoms with van der Waals surface area (Å²) >= 11 is 0.940. The smallest absolute Gasteiger partial charge is 0.252 e. The van der Waals surface area contributed by atoms with Gasteiger partial charge in [0, 0.05) is 18.0 Å². The summed E-state index contributed by atoms with van der Waals surface area (Å²) < 4.78 is 49.2. The average molecular weight is 300 g/mol. The second-order valence-electron chi connectivity index (χ2n) is 3.40. The van der Waals surface area contributed by atoms with Crippen molar-refractivity contribution in [3.05, 3.63) is 17.0 Å². The van der Waals surface area contributed by atoms with Gasteiger partial charge < -0.3 is 10.8 Å². The van der Waals surface area contributed by atoms with E-state index in [0.29, 0.717) is 9.18 Å². The molecule has 104 valence electrons. The van der Waals surface area contributed by atoms with E-state index in [-0.39, 0.29) is 17.3 Å². The number of alkyl halides is 2. The fraction of sp³-hybridized carbons (Fsp3) is 0.556. The number of thiophene rings is 1. The van der Waals surface area contributed by atoms with Gasteiger partial charge in [-0.1, -0.05) is 0 Å². The minimum absolute atomic E-state index is 0.0444. The van der Waals surface area contributed by atoms with Gasteiger partial charge in [-0.25, -0.2) is 17.2 Å². The van der Waals surface area contributed by atoms with Crippen LogP contribution in [0.25, 0.3) is 0 Å². The first-order valence-electron chi connectivity index (χ1n) is 5.09. The van der Waals surface area contributed by atoms with Crippen LogP contribution in [0.15, 0.2) is 16.3 Å². The monoisotopic (exact) mass is 300 g/mol. The Morgan fingerprint density at radius 2 is 2.11 bits per heavy atom. The number of rotatable bonds is 7. The zero-order valence-corrected chi connectivity index (χ0v) is 11.1. The number of aliphatic hydroxyl groups excluding tert-OH is 1. The van der Waals surface area contributed by atoms with Crippen molar-refractivity contribution in [1.29, 1.82) is 0 Å². The molecule has 0 atom stereocenters. The molecule has 9 heteroatoms. The van der Waals surface area contributed by atoms with Gasteiger partial charge in [-0.15, -0.1) is 11.3 Å². The summed E-state index contributed by atoms with van der Waals surface area (Å²) in [6.07, 6.45) is -2.79. The van der Waals surface area contributed by atoms with Gasteiger partial charge in [0.15, 0.2) is 0 Å². The van der Waals surface area contributed by atoms with Crippen LogP contribution in [0.1, 0.15) is 4.88 Å². The number of nitrogens with two attached hydrogens (primary N) is 1. The molecule has 0 bridgehead atoms. The molecule has 0 aromatic carbocycles. The fourth-order valence-electron chi connectivity index (χ4n) is 1.31. The van der Waals surface area contributed by atoms with Crippen molar-refractivity contribution in [3.63, 3.8) is 0 Å². The molecule has 0 fully saturated rings. The van der Waals surface area contributed by atoms with Crippen molar-refractivity contribution in [1.82, 2.24) is 4.31 Å². The van der Waals surface area contributed by atoms with Gasteiger partial charge in [0.25, 0.3) is 16.4 Å². The lowest BCUT2D eigenvalue weighted by Gasteiger charge is -2.19. The zero-order chi connectivity index (χ0) is 13.8. The molecular formula is C9H14F2N2O3S2. The maximum absolute atomic E-state index is 12.3. The lowest BCUT2D eigenvalue weighted by atomic mass is 10.5. The van der Waals surface area contributed by atoms with Gasteiger partial charge in [0.05, 0.1) is 13.2 Å². The summed E-state index contributed by atoms with van der Waals surface area (Å²) in [4.78, 5) is 0.648. The van der Waals surface area contributed by atoms with E-state index >= 15 is 0 Å². The molecule has 0 aliphatic carbocycles. The number of sulfonamides is 1. The lowest BCUT2D eigenvalue weighted by Crippen LogP contribution is -2.36. The molecule has 0 unspecified atom stereocenters. The molecule has 0 radical (unpaired) electrons. The van der Waals surface area contributed by atoms with Crippen molar-refractivity contribution >= 4 is 21.4 Å². The van der Waals surface area contributed by atoms with E-state index in [1.165, 1.54) is 12.1 Å². The number of hydrogen-bond donors (Lipinski definition) is 2. The van der Waals surface area contributed by atoms with E-state index in [0.717, 1.165) is 11.3 Å². The second kappa shape index (κ2) is 6.53. The third-order valence-electron chi connectivity index (χ3n) is 2.12. The van der Waals surface area contributed by atoms with E-state index in [2.05, 4.69) is 0 Å². The number of hydrogen-bond acceptors (Lipinski definition) is 5. The van der Waals surface area contributed by atoms with E-state index in [1.807, 2.05) is 0 Å². The van der Waals surface area contributed by atoms with Crippen LogP contribution in [-0.2, 0) is 16.6 Å². The van der Waals surface area contributed by atoms with Gasteiger partial charge in [-0.2, -0.15) is 4.31 Å². The zero-order valence-electron chi connectivity index (χ0n) is 9.42. The highest BCUT2D eigenvalue weighted by Crippen LogP contribution is 2.25. The minimum atomic E-state index is -3.99. The van der Waals surface area contributed by atoms with E-state index in [4.69, 9.17) is 10.8 Å². The van der Waals surface area contributed by atoms with Gasteiger partial charge in [-0.3, -0.25) is 0 Å². The maximum Gasteiger partial charge on any atom is 0.252 e. The van der Waals surface area contributed by atoms with Crippen LogP contribution < -0.4 is 5.73 Å². The Balaban J connectivity index is 3.00. The minimum Gasteiger partial charge on any atom is -0.395 e. The molecule has 0 spiro atoms. The van der Waals surface area contributed by atoms with Gasteiger partial charge in [0.1, 0.15) is 4.21 Å². The van der Waals surface area contributed by atoms with Gasteiger partial charge in [-0.05, 0) is 12.1 Å². The standard InChI is InChI=1S/C9H14F2N2O3S2/c10-8(11)6-13(3-4-14)18(15,16)9-2-1-7(5-12)17-9/h1-2,8,14H,3-6,12H2. The van der Waals surface area contributed by atoms with Crippen LogP contribution in [0.3, 0.4) is 0 Å². The molecule has 0 aliphatic heterocycles. The summed E-state index contributed by atoms with van der Waals surface area (Å²) in [5.74, 6) is 0. The van der Waals surface area contributed by atoms with Gasteiger partial charge in [0.2, 0.25) is 0 Å². The summed E-state index contributed by atoms with van der Waals surface area (Å²) in [5.41, 5.74) is 5.36. The van der Waals surface area contributed by atoms with Crippen molar-refractivity contribution < 1.29 is 22.3 Å². The highest BCUT2D eigenvalue weighted by molar-refractivity contribution is 7.91. The molecule has 0 amide bonds. The van der Waals surface area contributed by atoms with Crippen molar-refractivity contribution in [3.8, 4) is 0 Å². The molecule has 1 aromatic rings. The molecule has 0 saturated carbocycles. The van der Waals surface area contributed by atoms with E-state index in [9.17, 15) is 17.2 Å². The SMILES string of the molecule is NCc1ccc(S(=O)(=O)N(CCO)CC(F)F)s1. The quantitative estimate of drug-likeness (QED) is 0.766. The first-order valence-corrected chi connectivity index (χ1v) is 7.35. The highest BCUT2D eigenvalue weighted by Gasteiger charge is 2.28. The Labute approximate surface area is 108 Å². The molecule has 18 heavy (non-hydrogen) atoms. The first-order chi connectivity index (χ1) is 8.41. The predicted octanol–water partition coefficient (Wildman–Crippen LogP) is 0.455. The average Bonchev–Trinajstić information content (AvgIpc) is 2.77. The van der Waals surface area contributed by atoms with Crippen LogP contribution >= 0.6 is 11.3 Å². The molecule has 5 nitrogen and oxygen atoms in total. The van der Waals surface area contributed by atoms with Crippen molar-refractivity contribution in [2.45, 2.75) is 17.2 Å². The lowest BCUT2D eigenvalue weighted by molar-refractivity contribution is 0.113. The molecule has 1 heterocycles. The molecule has 0 saturated heterocycles. The van der Waals surface area contributed by atoms with Crippen LogP contribution in [0.5, 0.6) is 0 Å². The van der Waals surface area contributed by atoms with Crippen LogP contribution in [0.4, 0.5) is 8.78 Å².